The summed E-state index contributed by atoms with van der Waals surface area (Å²) in [7, 11) is 0. The first-order valence-electron chi connectivity index (χ1n) is 4.24. The van der Waals surface area contributed by atoms with E-state index in [1.807, 2.05) is 0 Å². The van der Waals surface area contributed by atoms with Crippen LogP contribution in [-0.4, -0.2) is 10.1 Å². The average Bonchev–Trinajstić information content (AvgIpc) is 2.24. The quantitative estimate of drug-likeness (QED) is 0.709. The largest absolute Gasteiger partial charge is 0.507 e. The molecule has 0 saturated heterocycles. The molecule has 0 atom stereocenters. The molecular weight excluding hydrogens is 253 g/mol. The third-order valence-corrected chi connectivity index (χ3v) is 2.57. The number of fused-ring (bicyclic) bond motifs is 1. The Hall–Kier alpha value is -1.52. The molecule has 0 spiro atoms. The van der Waals surface area contributed by atoms with E-state index in [2.05, 4.69) is 4.98 Å². The molecule has 4 nitrogen and oxygen atoms in total. The summed E-state index contributed by atoms with van der Waals surface area (Å²) in [4.78, 5) is 24.7. The van der Waals surface area contributed by atoms with E-state index in [9.17, 15) is 14.7 Å². The Kier molecular flexibility index (Phi) is 2.61. The first-order chi connectivity index (χ1) is 7.49. The fourth-order valence-corrected chi connectivity index (χ4v) is 1.97. The Bertz CT molecular complexity index is 694. The van der Waals surface area contributed by atoms with Crippen LogP contribution in [0.1, 0.15) is 0 Å². The minimum atomic E-state index is -0.846. The predicted molar refractivity (Wildman–Crippen MR) is 62.5 cm³/mol. The molecule has 0 fully saturated rings. The van der Waals surface area contributed by atoms with Gasteiger partial charge in [-0.25, -0.2) is 0 Å². The SMILES string of the molecule is O=c1cc(O)c2c(Cl)cc(Cl)cc2[nH]c1=O. The van der Waals surface area contributed by atoms with Gasteiger partial charge in [0.15, 0.2) is 0 Å². The Morgan fingerprint density at radius 3 is 2.50 bits per heavy atom. The van der Waals surface area contributed by atoms with Gasteiger partial charge < -0.3 is 10.1 Å². The van der Waals surface area contributed by atoms with Crippen LogP contribution >= 0.6 is 23.2 Å². The summed E-state index contributed by atoms with van der Waals surface area (Å²) in [5.41, 5.74) is -1.48. The molecule has 0 radical (unpaired) electrons. The molecule has 2 N–H and O–H groups in total. The molecule has 0 bridgehead atoms. The Morgan fingerprint density at radius 2 is 1.81 bits per heavy atom. The highest BCUT2D eigenvalue weighted by atomic mass is 35.5. The van der Waals surface area contributed by atoms with Crippen LogP contribution in [0.25, 0.3) is 10.9 Å². The molecule has 2 aromatic rings. The van der Waals surface area contributed by atoms with Crippen molar-refractivity contribution in [3.8, 4) is 5.75 Å². The van der Waals surface area contributed by atoms with Crippen LogP contribution in [0.2, 0.25) is 10.0 Å². The molecule has 6 heteroatoms. The molecule has 2 rings (SSSR count). The topological polar surface area (TPSA) is 70.2 Å². The number of hydrogen-bond acceptors (Lipinski definition) is 3. The molecule has 0 aliphatic carbocycles. The normalized spacial score (nSPS) is 10.6. The van der Waals surface area contributed by atoms with Crippen molar-refractivity contribution in [1.82, 2.24) is 4.98 Å². The van der Waals surface area contributed by atoms with E-state index in [4.69, 9.17) is 23.2 Å². The molecule has 0 saturated carbocycles. The highest BCUT2D eigenvalue weighted by Gasteiger charge is 2.07. The van der Waals surface area contributed by atoms with E-state index in [0.29, 0.717) is 5.02 Å². The van der Waals surface area contributed by atoms with Crippen LogP contribution in [0.5, 0.6) is 5.75 Å². The number of nitrogens with one attached hydrogen (secondary N) is 1. The third kappa shape index (κ3) is 1.77. The van der Waals surface area contributed by atoms with Crippen molar-refractivity contribution in [3.63, 3.8) is 0 Å². The molecule has 0 aliphatic heterocycles. The minimum Gasteiger partial charge on any atom is -0.507 e. The van der Waals surface area contributed by atoms with Crippen molar-refractivity contribution >= 4 is 34.1 Å². The monoisotopic (exact) mass is 257 g/mol. The van der Waals surface area contributed by atoms with Crippen LogP contribution in [0.3, 0.4) is 0 Å². The third-order valence-electron chi connectivity index (χ3n) is 2.05. The fraction of sp³-hybridized carbons (Fsp3) is 0. The smallest absolute Gasteiger partial charge is 0.296 e. The lowest BCUT2D eigenvalue weighted by Crippen LogP contribution is -2.22. The number of hydrogen-bond donors (Lipinski definition) is 2. The number of rotatable bonds is 0. The molecule has 1 aromatic carbocycles. The number of halogens is 2. The van der Waals surface area contributed by atoms with Gasteiger partial charge in [-0.1, -0.05) is 23.2 Å². The van der Waals surface area contributed by atoms with E-state index in [-0.39, 0.29) is 21.7 Å². The first kappa shape index (κ1) is 11.0. The van der Waals surface area contributed by atoms with Gasteiger partial charge in [0.1, 0.15) is 5.75 Å². The molecule has 0 amide bonds. The molecule has 16 heavy (non-hydrogen) atoms. The van der Waals surface area contributed by atoms with Gasteiger partial charge in [-0.05, 0) is 12.1 Å². The molecule has 1 aromatic heterocycles. The molecule has 0 unspecified atom stereocenters. The van der Waals surface area contributed by atoms with Gasteiger partial charge in [-0.15, -0.1) is 0 Å². The van der Waals surface area contributed by atoms with Crippen molar-refractivity contribution in [2.45, 2.75) is 0 Å². The summed E-state index contributed by atoms with van der Waals surface area (Å²) in [5.74, 6) is -0.361. The fourth-order valence-electron chi connectivity index (χ4n) is 1.38. The standard InChI is InChI=1S/C10H5Cl2NO3/c11-4-1-5(12)9-6(2-4)13-10(16)8(15)3-7(9)14/h1-3,14H,(H,13,15,16). The number of H-pyrrole nitrogens is 1. The van der Waals surface area contributed by atoms with Crippen molar-refractivity contribution in [1.29, 1.82) is 0 Å². The van der Waals surface area contributed by atoms with Gasteiger partial charge in [0.05, 0.1) is 15.9 Å². The highest BCUT2D eigenvalue weighted by Crippen LogP contribution is 2.30. The van der Waals surface area contributed by atoms with Crippen molar-refractivity contribution in [3.05, 3.63) is 48.8 Å². The van der Waals surface area contributed by atoms with Crippen LogP contribution in [0.4, 0.5) is 0 Å². The van der Waals surface area contributed by atoms with Crippen molar-refractivity contribution in [2.24, 2.45) is 0 Å². The van der Waals surface area contributed by atoms with Crippen LogP contribution in [0.15, 0.2) is 27.8 Å². The highest BCUT2D eigenvalue weighted by molar-refractivity contribution is 6.38. The zero-order chi connectivity index (χ0) is 11.9. The van der Waals surface area contributed by atoms with E-state index in [1.54, 1.807) is 0 Å². The Labute approximate surface area is 99.1 Å². The average molecular weight is 258 g/mol. The summed E-state index contributed by atoms with van der Waals surface area (Å²) < 4.78 is 0. The van der Waals surface area contributed by atoms with Gasteiger partial charge in [-0.3, -0.25) is 9.59 Å². The number of aromatic hydroxyl groups is 1. The van der Waals surface area contributed by atoms with E-state index < -0.39 is 11.0 Å². The lowest BCUT2D eigenvalue weighted by Gasteiger charge is -1.99. The predicted octanol–water partition coefficient (Wildman–Crippen LogP) is 1.90. The van der Waals surface area contributed by atoms with Gasteiger partial charge in [-0.2, -0.15) is 0 Å². The van der Waals surface area contributed by atoms with Gasteiger partial charge in [0, 0.05) is 11.1 Å². The van der Waals surface area contributed by atoms with Crippen molar-refractivity contribution in [2.75, 3.05) is 0 Å². The first-order valence-corrected chi connectivity index (χ1v) is 5.00. The van der Waals surface area contributed by atoms with Gasteiger partial charge in [0.2, 0.25) is 5.43 Å². The van der Waals surface area contributed by atoms with Crippen molar-refractivity contribution < 1.29 is 5.11 Å². The summed E-state index contributed by atoms with van der Waals surface area (Å²) in [6, 6.07) is 3.64. The maximum atomic E-state index is 11.2. The summed E-state index contributed by atoms with van der Waals surface area (Å²) >= 11 is 11.6. The Morgan fingerprint density at radius 1 is 1.12 bits per heavy atom. The molecule has 1 heterocycles. The van der Waals surface area contributed by atoms with Gasteiger partial charge >= 0.3 is 0 Å². The van der Waals surface area contributed by atoms with Gasteiger partial charge in [0.25, 0.3) is 5.56 Å². The van der Waals surface area contributed by atoms with Crippen LogP contribution in [-0.2, 0) is 0 Å². The van der Waals surface area contributed by atoms with E-state index in [1.165, 1.54) is 12.1 Å². The number of aromatic amines is 1. The number of aromatic nitrogens is 1. The second-order valence-corrected chi connectivity index (χ2v) is 4.00. The zero-order valence-electron chi connectivity index (χ0n) is 7.75. The lowest BCUT2D eigenvalue weighted by molar-refractivity contribution is 0.481. The minimum absolute atomic E-state index is 0.159. The molecule has 82 valence electrons. The number of benzene rings is 1. The zero-order valence-corrected chi connectivity index (χ0v) is 9.26. The summed E-state index contributed by atoms with van der Waals surface area (Å²) in [5, 5.41) is 10.3. The van der Waals surface area contributed by atoms with Crippen LogP contribution < -0.4 is 11.0 Å². The molecular formula is C10H5Cl2NO3. The van der Waals surface area contributed by atoms with Crippen LogP contribution in [0, 0.1) is 0 Å². The second kappa shape index (κ2) is 3.81. The molecule has 0 aliphatic rings. The summed E-state index contributed by atoms with van der Waals surface area (Å²) in [6.07, 6.45) is 0. The maximum absolute atomic E-state index is 11.2. The van der Waals surface area contributed by atoms with E-state index >= 15 is 0 Å². The second-order valence-electron chi connectivity index (χ2n) is 3.16. The van der Waals surface area contributed by atoms with E-state index in [0.717, 1.165) is 6.07 Å². The Balaban J connectivity index is 3.16. The summed E-state index contributed by atoms with van der Waals surface area (Å²) in [6.45, 7) is 0. The lowest BCUT2D eigenvalue weighted by atomic mass is 10.2. The maximum Gasteiger partial charge on any atom is 0.296 e.